The zero-order valence-electron chi connectivity index (χ0n) is 11.6. The molecule has 0 aromatic carbocycles. The summed E-state index contributed by atoms with van der Waals surface area (Å²) in [6, 6.07) is 0. The number of amides is 1. The lowest BCUT2D eigenvalue weighted by Crippen LogP contribution is -2.24. The van der Waals surface area contributed by atoms with Gasteiger partial charge in [0.25, 0.3) is 0 Å². The van der Waals surface area contributed by atoms with Gasteiger partial charge in [-0.05, 0) is 5.92 Å². The predicted octanol–water partition coefficient (Wildman–Crippen LogP) is 1.79. The molecule has 1 unspecified atom stereocenters. The molecule has 21 heavy (non-hydrogen) atoms. The fraction of sp³-hybridized carbons (Fsp3) is 0.538. The van der Waals surface area contributed by atoms with Crippen molar-refractivity contribution in [1.29, 1.82) is 0 Å². The minimum atomic E-state index is -0.858. The minimum Gasteiger partial charge on any atom is -0.481 e. The van der Waals surface area contributed by atoms with Gasteiger partial charge in [-0.3, -0.25) is 19.3 Å². The Morgan fingerprint density at radius 3 is 3.00 bits per heavy atom. The first-order valence-electron chi connectivity index (χ1n) is 6.55. The number of carboxylic acids is 1. The van der Waals surface area contributed by atoms with Crippen molar-refractivity contribution in [3.8, 4) is 0 Å². The molecule has 0 bridgehead atoms. The maximum atomic E-state index is 12.0. The van der Waals surface area contributed by atoms with Crippen molar-refractivity contribution >= 4 is 45.2 Å². The van der Waals surface area contributed by atoms with Gasteiger partial charge in [0, 0.05) is 37.4 Å². The predicted molar refractivity (Wildman–Crippen MR) is 81.7 cm³/mol. The maximum absolute atomic E-state index is 12.0. The lowest BCUT2D eigenvalue weighted by molar-refractivity contribution is -0.137. The highest BCUT2D eigenvalue weighted by molar-refractivity contribution is 8.13. The average molecular weight is 328 g/mol. The minimum absolute atomic E-state index is 0.0169. The number of hydrogen-bond acceptors (Lipinski definition) is 6. The van der Waals surface area contributed by atoms with Crippen LogP contribution in [0.5, 0.6) is 0 Å². The smallest absolute Gasteiger partial charge is 0.303 e. The molecule has 2 heterocycles. The van der Waals surface area contributed by atoms with E-state index in [1.165, 1.54) is 30.0 Å². The summed E-state index contributed by atoms with van der Waals surface area (Å²) < 4.78 is 0. The van der Waals surface area contributed by atoms with E-state index in [0.29, 0.717) is 36.0 Å². The molecule has 1 aliphatic heterocycles. The number of carbonyl (C=O) groups excluding carboxylic acids is 2. The van der Waals surface area contributed by atoms with E-state index in [1.807, 2.05) is 0 Å². The molecule has 0 radical (unpaired) electrons. The number of thioether (sulfide) groups is 1. The monoisotopic (exact) mass is 328 g/mol. The summed E-state index contributed by atoms with van der Waals surface area (Å²) >= 11 is 2.60. The van der Waals surface area contributed by atoms with Crippen LogP contribution in [0.1, 0.15) is 25.5 Å². The fourth-order valence-electron chi connectivity index (χ4n) is 2.08. The molecule has 1 saturated heterocycles. The van der Waals surface area contributed by atoms with Gasteiger partial charge in [0.1, 0.15) is 0 Å². The highest BCUT2D eigenvalue weighted by atomic mass is 32.2. The lowest BCUT2D eigenvalue weighted by atomic mass is 10.1. The molecular formula is C13H16N2O4S2. The van der Waals surface area contributed by atoms with Crippen LogP contribution in [0.15, 0.2) is 5.38 Å². The van der Waals surface area contributed by atoms with Gasteiger partial charge in [0.15, 0.2) is 10.2 Å². The highest BCUT2D eigenvalue weighted by Gasteiger charge is 2.32. The number of carboxylic acid groups (broad SMARTS) is 1. The summed E-state index contributed by atoms with van der Waals surface area (Å²) in [5.41, 5.74) is 0.701. The van der Waals surface area contributed by atoms with E-state index in [-0.39, 0.29) is 23.4 Å². The SMILES string of the molecule is CC(=O)SCC1CC(=O)N(c2nc(CCC(=O)O)cs2)C1. The van der Waals surface area contributed by atoms with Crippen molar-refractivity contribution in [2.24, 2.45) is 5.92 Å². The Kier molecular flexibility index (Phi) is 5.35. The van der Waals surface area contributed by atoms with Crippen LogP contribution in [0.4, 0.5) is 5.13 Å². The Balaban J connectivity index is 1.94. The highest BCUT2D eigenvalue weighted by Crippen LogP contribution is 2.30. The van der Waals surface area contributed by atoms with Crippen molar-refractivity contribution in [3.63, 3.8) is 0 Å². The van der Waals surface area contributed by atoms with Crippen LogP contribution < -0.4 is 4.90 Å². The fourth-order valence-corrected chi connectivity index (χ4v) is 3.66. The Hall–Kier alpha value is -1.41. The van der Waals surface area contributed by atoms with Gasteiger partial charge in [0.2, 0.25) is 5.91 Å². The van der Waals surface area contributed by atoms with Crippen molar-refractivity contribution in [3.05, 3.63) is 11.1 Å². The first kappa shape index (κ1) is 16.0. The van der Waals surface area contributed by atoms with Gasteiger partial charge in [-0.2, -0.15) is 0 Å². The number of hydrogen-bond donors (Lipinski definition) is 1. The van der Waals surface area contributed by atoms with E-state index in [4.69, 9.17) is 5.11 Å². The van der Waals surface area contributed by atoms with Gasteiger partial charge in [-0.25, -0.2) is 4.98 Å². The second kappa shape index (κ2) is 7.04. The molecule has 1 amide bonds. The van der Waals surface area contributed by atoms with Gasteiger partial charge in [-0.1, -0.05) is 11.8 Å². The summed E-state index contributed by atoms with van der Waals surface area (Å²) in [7, 11) is 0. The third kappa shape index (κ3) is 4.53. The standard InChI is InChI=1S/C13H16N2O4S2/c1-8(16)20-6-9-4-11(17)15(5-9)13-14-10(7-21-13)2-3-12(18)19/h7,9H,2-6H2,1H3,(H,18,19). The quantitative estimate of drug-likeness (QED) is 0.856. The van der Waals surface area contributed by atoms with Crippen molar-refractivity contribution in [2.45, 2.75) is 26.2 Å². The van der Waals surface area contributed by atoms with E-state index in [0.717, 1.165) is 0 Å². The number of aromatic nitrogens is 1. The Labute approximate surface area is 130 Å². The topological polar surface area (TPSA) is 87.6 Å². The molecule has 0 saturated carbocycles. The van der Waals surface area contributed by atoms with E-state index >= 15 is 0 Å². The molecule has 0 spiro atoms. The third-order valence-electron chi connectivity index (χ3n) is 3.09. The number of aryl methyl sites for hydroxylation is 1. The van der Waals surface area contributed by atoms with Crippen LogP contribution in [0, 0.1) is 5.92 Å². The molecule has 1 N–H and O–H groups in total. The second-order valence-electron chi connectivity index (χ2n) is 4.89. The van der Waals surface area contributed by atoms with E-state index in [9.17, 15) is 14.4 Å². The summed E-state index contributed by atoms with van der Waals surface area (Å²) in [5, 5.41) is 11.1. The second-order valence-corrected chi connectivity index (χ2v) is 6.93. The normalized spacial score (nSPS) is 18.2. The van der Waals surface area contributed by atoms with Crippen LogP contribution in [0.25, 0.3) is 0 Å². The van der Waals surface area contributed by atoms with Crippen molar-refractivity contribution < 1.29 is 19.5 Å². The molecule has 8 heteroatoms. The van der Waals surface area contributed by atoms with E-state index < -0.39 is 5.97 Å². The molecule has 1 aromatic heterocycles. The summed E-state index contributed by atoms with van der Waals surface area (Å²) in [4.78, 5) is 39.5. The molecule has 1 aromatic rings. The van der Waals surface area contributed by atoms with Crippen molar-refractivity contribution in [1.82, 2.24) is 4.98 Å². The van der Waals surface area contributed by atoms with Crippen LogP contribution in [0.3, 0.4) is 0 Å². The van der Waals surface area contributed by atoms with Crippen LogP contribution in [0.2, 0.25) is 0 Å². The molecule has 2 rings (SSSR count). The summed E-state index contributed by atoms with van der Waals surface area (Å²) in [5.74, 6) is -0.0290. The zero-order valence-corrected chi connectivity index (χ0v) is 13.2. The maximum Gasteiger partial charge on any atom is 0.303 e. The van der Waals surface area contributed by atoms with Crippen LogP contribution in [-0.2, 0) is 20.8 Å². The molecule has 0 aliphatic carbocycles. The number of carbonyl (C=O) groups is 3. The Bertz CT molecular complexity index is 558. The lowest BCUT2D eigenvalue weighted by Gasteiger charge is -2.12. The van der Waals surface area contributed by atoms with Crippen LogP contribution in [-0.4, -0.2) is 39.4 Å². The molecule has 114 valence electrons. The molecular weight excluding hydrogens is 312 g/mol. The zero-order chi connectivity index (χ0) is 15.4. The van der Waals surface area contributed by atoms with Crippen LogP contribution >= 0.6 is 23.1 Å². The number of nitrogens with zero attached hydrogens (tertiary/aromatic N) is 2. The Morgan fingerprint density at radius 2 is 2.33 bits per heavy atom. The van der Waals surface area contributed by atoms with Gasteiger partial charge in [-0.15, -0.1) is 11.3 Å². The first-order chi connectivity index (χ1) is 9.95. The first-order valence-corrected chi connectivity index (χ1v) is 8.42. The van der Waals surface area contributed by atoms with Crippen molar-refractivity contribution in [2.75, 3.05) is 17.2 Å². The van der Waals surface area contributed by atoms with Gasteiger partial charge < -0.3 is 5.11 Å². The largest absolute Gasteiger partial charge is 0.481 e. The van der Waals surface area contributed by atoms with Gasteiger partial charge in [0.05, 0.1) is 12.1 Å². The molecule has 6 nitrogen and oxygen atoms in total. The number of anilines is 1. The Morgan fingerprint density at radius 1 is 1.57 bits per heavy atom. The average Bonchev–Trinajstić information content (AvgIpc) is 3.00. The summed E-state index contributed by atoms with van der Waals surface area (Å²) in [6.07, 6.45) is 0.844. The number of thiazole rings is 1. The number of rotatable bonds is 6. The summed E-state index contributed by atoms with van der Waals surface area (Å²) in [6.45, 7) is 2.10. The molecule has 1 fully saturated rings. The third-order valence-corrected chi connectivity index (χ3v) is 5.05. The van der Waals surface area contributed by atoms with E-state index in [2.05, 4.69) is 4.98 Å². The molecule has 1 atom stereocenters. The molecule has 1 aliphatic rings. The number of aliphatic carboxylic acids is 1. The van der Waals surface area contributed by atoms with Gasteiger partial charge >= 0.3 is 5.97 Å². The van der Waals surface area contributed by atoms with E-state index in [1.54, 1.807) is 10.3 Å².